The molecule has 4 heteroatoms. The van der Waals surface area contributed by atoms with Gasteiger partial charge >= 0.3 is 0 Å². The third kappa shape index (κ3) is 2.46. The Morgan fingerprint density at radius 2 is 2.00 bits per heavy atom. The number of hydroxylamine groups is 1. The number of amides is 1. The van der Waals surface area contributed by atoms with Gasteiger partial charge in [-0.15, -0.1) is 0 Å². The fourth-order valence-electron chi connectivity index (χ4n) is 1.79. The zero-order valence-electron chi connectivity index (χ0n) is 7.18. The fraction of sp³-hybridized carbons (Fsp3) is 0.875. The van der Waals surface area contributed by atoms with E-state index in [9.17, 15) is 4.79 Å². The summed E-state index contributed by atoms with van der Waals surface area (Å²) in [5, 5.41) is 8.32. The largest absolute Gasteiger partial charge is 0.325 e. The number of hydrogen-bond donors (Lipinski definition) is 3. The van der Waals surface area contributed by atoms with Crippen molar-refractivity contribution in [3.63, 3.8) is 0 Å². The summed E-state index contributed by atoms with van der Waals surface area (Å²) >= 11 is 0. The minimum atomic E-state index is -0.376. The van der Waals surface area contributed by atoms with Crippen molar-refractivity contribution in [2.45, 2.75) is 44.1 Å². The molecule has 1 aliphatic carbocycles. The molecule has 0 atom stereocenters. The van der Waals surface area contributed by atoms with E-state index in [1.54, 1.807) is 5.48 Å². The predicted octanol–water partition coefficient (Wildman–Crippen LogP) is 0.543. The molecule has 1 aliphatic rings. The molecule has 1 rings (SSSR count). The lowest BCUT2D eigenvalue weighted by molar-refractivity contribution is -0.130. The molecule has 1 saturated carbocycles. The van der Waals surface area contributed by atoms with E-state index >= 15 is 0 Å². The summed E-state index contributed by atoms with van der Waals surface area (Å²) in [5.74, 6) is -0.376. The molecule has 0 bridgehead atoms. The summed E-state index contributed by atoms with van der Waals surface area (Å²) in [6.07, 6.45) is 5.41. The molecule has 4 nitrogen and oxygen atoms in total. The Morgan fingerprint density at radius 1 is 1.42 bits per heavy atom. The first-order chi connectivity index (χ1) is 5.66. The van der Waals surface area contributed by atoms with Crippen molar-refractivity contribution in [2.24, 2.45) is 5.73 Å². The van der Waals surface area contributed by atoms with Crippen molar-refractivity contribution in [1.29, 1.82) is 0 Å². The van der Waals surface area contributed by atoms with Gasteiger partial charge in [-0.1, -0.05) is 19.3 Å². The maximum absolute atomic E-state index is 10.8. The highest BCUT2D eigenvalue weighted by molar-refractivity contribution is 5.75. The smallest absolute Gasteiger partial charge is 0.245 e. The van der Waals surface area contributed by atoms with E-state index in [0.29, 0.717) is 0 Å². The van der Waals surface area contributed by atoms with Crippen LogP contribution in [0.25, 0.3) is 0 Å². The highest BCUT2D eigenvalue weighted by Crippen LogP contribution is 2.28. The van der Waals surface area contributed by atoms with E-state index in [1.165, 1.54) is 6.42 Å². The second-order valence-electron chi connectivity index (χ2n) is 3.63. The Labute approximate surface area is 72.1 Å². The Hall–Kier alpha value is -0.610. The van der Waals surface area contributed by atoms with Crippen LogP contribution in [0.1, 0.15) is 38.5 Å². The average Bonchev–Trinajstić information content (AvgIpc) is 2.05. The van der Waals surface area contributed by atoms with Gasteiger partial charge in [-0.3, -0.25) is 10.0 Å². The average molecular weight is 172 g/mol. The number of carbonyl (C=O) groups is 1. The summed E-state index contributed by atoms with van der Waals surface area (Å²) in [4.78, 5) is 10.8. The number of carbonyl (C=O) groups excluding carboxylic acids is 1. The van der Waals surface area contributed by atoms with Gasteiger partial charge in [0.05, 0.1) is 0 Å². The highest BCUT2D eigenvalue weighted by Gasteiger charge is 2.29. The Bertz CT molecular complexity index is 164. The summed E-state index contributed by atoms with van der Waals surface area (Å²) < 4.78 is 0. The van der Waals surface area contributed by atoms with Crippen molar-refractivity contribution >= 4 is 5.91 Å². The molecule has 0 aliphatic heterocycles. The number of nitrogens with one attached hydrogen (secondary N) is 1. The topological polar surface area (TPSA) is 75.4 Å². The van der Waals surface area contributed by atoms with Gasteiger partial charge in [0.1, 0.15) is 0 Å². The minimum Gasteiger partial charge on any atom is -0.325 e. The molecule has 1 amide bonds. The third-order valence-electron chi connectivity index (χ3n) is 2.49. The van der Waals surface area contributed by atoms with Crippen molar-refractivity contribution < 1.29 is 10.0 Å². The van der Waals surface area contributed by atoms with Gasteiger partial charge in [-0.2, -0.15) is 0 Å². The van der Waals surface area contributed by atoms with Gasteiger partial charge in [-0.25, -0.2) is 5.48 Å². The number of nitrogens with two attached hydrogens (primary N) is 1. The van der Waals surface area contributed by atoms with Crippen LogP contribution < -0.4 is 11.2 Å². The summed E-state index contributed by atoms with van der Waals surface area (Å²) in [6.45, 7) is 0. The van der Waals surface area contributed by atoms with Crippen LogP contribution in [-0.4, -0.2) is 16.7 Å². The summed E-state index contributed by atoms with van der Waals surface area (Å²) in [6, 6.07) is 0. The molecular weight excluding hydrogens is 156 g/mol. The Morgan fingerprint density at radius 3 is 2.50 bits per heavy atom. The SMILES string of the molecule is NC1(CC(=O)NO)CCCCC1. The van der Waals surface area contributed by atoms with Crippen molar-refractivity contribution in [1.82, 2.24) is 5.48 Å². The Kier molecular flexibility index (Phi) is 3.05. The lowest BCUT2D eigenvalue weighted by Crippen LogP contribution is -2.45. The molecule has 0 aromatic rings. The van der Waals surface area contributed by atoms with E-state index in [-0.39, 0.29) is 17.9 Å². The second-order valence-corrected chi connectivity index (χ2v) is 3.63. The number of rotatable bonds is 2. The standard InChI is InChI=1S/C8H16N2O2/c9-8(6-7(11)10-12)4-2-1-3-5-8/h12H,1-6,9H2,(H,10,11). The van der Waals surface area contributed by atoms with E-state index < -0.39 is 0 Å². The number of hydrogen-bond acceptors (Lipinski definition) is 3. The molecule has 0 spiro atoms. The molecule has 4 N–H and O–H groups in total. The van der Waals surface area contributed by atoms with Crippen LogP contribution in [0.2, 0.25) is 0 Å². The zero-order valence-corrected chi connectivity index (χ0v) is 7.18. The zero-order chi connectivity index (χ0) is 9.03. The predicted molar refractivity (Wildman–Crippen MR) is 44.5 cm³/mol. The van der Waals surface area contributed by atoms with Gasteiger partial charge in [0.2, 0.25) is 5.91 Å². The molecule has 0 unspecified atom stereocenters. The van der Waals surface area contributed by atoms with Gasteiger partial charge in [-0.05, 0) is 12.8 Å². The highest BCUT2D eigenvalue weighted by atomic mass is 16.5. The van der Waals surface area contributed by atoms with Crippen LogP contribution in [0.5, 0.6) is 0 Å². The summed E-state index contributed by atoms with van der Waals surface area (Å²) in [7, 11) is 0. The maximum Gasteiger partial charge on any atom is 0.245 e. The van der Waals surface area contributed by atoms with Crippen LogP contribution in [-0.2, 0) is 4.79 Å². The first kappa shape index (κ1) is 9.48. The molecule has 0 saturated heterocycles. The maximum atomic E-state index is 10.8. The van der Waals surface area contributed by atoms with Gasteiger partial charge in [0.15, 0.2) is 0 Å². The molecule has 12 heavy (non-hydrogen) atoms. The van der Waals surface area contributed by atoms with E-state index in [1.807, 2.05) is 0 Å². The minimum absolute atomic E-state index is 0.240. The third-order valence-corrected chi connectivity index (χ3v) is 2.49. The molecule has 0 radical (unpaired) electrons. The fourth-order valence-corrected chi connectivity index (χ4v) is 1.79. The first-order valence-electron chi connectivity index (χ1n) is 4.38. The molecule has 0 aromatic carbocycles. The Balaban J connectivity index is 2.41. The van der Waals surface area contributed by atoms with Crippen LogP contribution >= 0.6 is 0 Å². The van der Waals surface area contributed by atoms with E-state index in [4.69, 9.17) is 10.9 Å². The van der Waals surface area contributed by atoms with Gasteiger partial charge in [0.25, 0.3) is 0 Å². The normalized spacial score (nSPS) is 21.8. The molecule has 1 fully saturated rings. The van der Waals surface area contributed by atoms with E-state index in [0.717, 1.165) is 25.7 Å². The lowest BCUT2D eigenvalue weighted by Gasteiger charge is -2.32. The van der Waals surface area contributed by atoms with Crippen molar-refractivity contribution in [2.75, 3.05) is 0 Å². The van der Waals surface area contributed by atoms with Crippen LogP contribution in [0.15, 0.2) is 0 Å². The van der Waals surface area contributed by atoms with Crippen LogP contribution in [0.3, 0.4) is 0 Å². The summed E-state index contributed by atoms with van der Waals surface area (Å²) in [5.41, 5.74) is 7.21. The molecule has 0 heterocycles. The second kappa shape index (κ2) is 3.87. The quantitative estimate of drug-likeness (QED) is 0.420. The lowest BCUT2D eigenvalue weighted by atomic mass is 9.80. The monoisotopic (exact) mass is 172 g/mol. The molecule has 0 aromatic heterocycles. The van der Waals surface area contributed by atoms with Crippen LogP contribution in [0.4, 0.5) is 0 Å². The van der Waals surface area contributed by atoms with Gasteiger partial charge in [0, 0.05) is 12.0 Å². The molecular formula is C8H16N2O2. The van der Waals surface area contributed by atoms with Crippen molar-refractivity contribution in [3.8, 4) is 0 Å². The van der Waals surface area contributed by atoms with E-state index in [2.05, 4.69) is 0 Å². The van der Waals surface area contributed by atoms with Crippen molar-refractivity contribution in [3.05, 3.63) is 0 Å². The molecule has 70 valence electrons. The van der Waals surface area contributed by atoms with Crippen LogP contribution in [0, 0.1) is 0 Å². The van der Waals surface area contributed by atoms with Gasteiger partial charge < -0.3 is 5.73 Å². The first-order valence-corrected chi connectivity index (χ1v) is 4.38.